The molecule has 0 aliphatic carbocycles. The van der Waals surface area contributed by atoms with Gasteiger partial charge in [0, 0.05) is 19.8 Å². The van der Waals surface area contributed by atoms with E-state index in [0.717, 1.165) is 5.56 Å². The summed E-state index contributed by atoms with van der Waals surface area (Å²) in [6.45, 7) is 0. The van der Waals surface area contributed by atoms with Crippen molar-refractivity contribution in [1.29, 1.82) is 0 Å². The number of ether oxygens (including phenoxy) is 2. The fourth-order valence-electron chi connectivity index (χ4n) is 0.979. The Morgan fingerprint density at radius 1 is 0.842 bits per heavy atom. The van der Waals surface area contributed by atoms with Crippen LogP contribution in [0, 0.1) is 0 Å². The van der Waals surface area contributed by atoms with Gasteiger partial charge in [-0.2, -0.15) is 0 Å². The molecule has 0 aliphatic heterocycles. The van der Waals surface area contributed by atoms with Gasteiger partial charge in [0.1, 0.15) is 0 Å². The van der Waals surface area contributed by atoms with Gasteiger partial charge < -0.3 is 18.6 Å². The van der Waals surface area contributed by atoms with Crippen LogP contribution < -0.4 is 0 Å². The third-order valence-corrected chi connectivity index (χ3v) is 1.50. The Morgan fingerprint density at radius 3 is 1.42 bits per heavy atom. The minimum Gasteiger partial charge on any atom is -0.617 e. The second kappa shape index (κ2) is 14.2. The largest absolute Gasteiger partial charge is 0.617 e. The zero-order chi connectivity index (χ0) is 15.3. The predicted molar refractivity (Wildman–Crippen MR) is 83.2 cm³/mol. The molecule has 0 unspecified atom stereocenters. The van der Waals surface area contributed by atoms with Gasteiger partial charge in [0.25, 0.3) is 0 Å². The molecule has 0 saturated heterocycles. The SMILES string of the molecule is COC(OC)c1ccccc1.C[S+](C)[O-].C[S+](C)[O-]. The first kappa shape index (κ1) is 21.1. The van der Waals surface area contributed by atoms with Crippen molar-refractivity contribution in [2.24, 2.45) is 0 Å². The molecule has 0 atom stereocenters. The maximum absolute atomic E-state index is 9.56. The summed E-state index contributed by atoms with van der Waals surface area (Å²) in [6, 6.07) is 9.82. The second-order valence-corrected chi connectivity index (χ2v) is 6.66. The number of methoxy groups -OCH3 is 2. The van der Waals surface area contributed by atoms with Gasteiger partial charge in [-0.3, -0.25) is 0 Å². The van der Waals surface area contributed by atoms with E-state index >= 15 is 0 Å². The van der Waals surface area contributed by atoms with Crippen molar-refractivity contribution in [1.82, 2.24) is 0 Å². The van der Waals surface area contributed by atoms with Crippen LogP contribution in [0.1, 0.15) is 11.9 Å². The van der Waals surface area contributed by atoms with E-state index in [-0.39, 0.29) is 6.29 Å². The Balaban J connectivity index is 0. The molecule has 0 heterocycles. The van der Waals surface area contributed by atoms with Crippen LogP contribution >= 0.6 is 0 Å². The molecule has 6 heteroatoms. The molecule has 0 bridgehead atoms. The molecule has 0 spiro atoms. The van der Waals surface area contributed by atoms with Crippen molar-refractivity contribution in [2.75, 3.05) is 39.2 Å². The maximum Gasteiger partial charge on any atom is 0.183 e. The molecule has 112 valence electrons. The van der Waals surface area contributed by atoms with E-state index in [1.54, 1.807) is 39.2 Å². The van der Waals surface area contributed by atoms with Gasteiger partial charge in [-0.25, -0.2) is 0 Å². The van der Waals surface area contributed by atoms with Gasteiger partial charge >= 0.3 is 0 Å². The predicted octanol–water partition coefficient (Wildman–Crippen LogP) is 1.97. The van der Waals surface area contributed by atoms with Crippen LogP contribution in [0.3, 0.4) is 0 Å². The molecular formula is C13H24O4S2. The lowest BCUT2D eigenvalue weighted by atomic mass is 10.2. The lowest BCUT2D eigenvalue weighted by Gasteiger charge is -2.12. The van der Waals surface area contributed by atoms with E-state index in [0.29, 0.717) is 0 Å². The fraction of sp³-hybridized carbons (Fsp3) is 0.538. The van der Waals surface area contributed by atoms with Crippen LogP contribution in [-0.4, -0.2) is 48.3 Å². The quantitative estimate of drug-likeness (QED) is 0.632. The fourth-order valence-corrected chi connectivity index (χ4v) is 0.979. The molecule has 19 heavy (non-hydrogen) atoms. The van der Waals surface area contributed by atoms with Crippen LogP contribution in [0.15, 0.2) is 30.3 Å². The van der Waals surface area contributed by atoms with Crippen molar-refractivity contribution in [3.63, 3.8) is 0 Å². The average Bonchev–Trinajstić information content (AvgIpc) is 2.30. The van der Waals surface area contributed by atoms with E-state index in [1.165, 1.54) is 0 Å². The van der Waals surface area contributed by atoms with Crippen LogP contribution in [0.5, 0.6) is 0 Å². The van der Waals surface area contributed by atoms with Gasteiger partial charge in [0.2, 0.25) is 0 Å². The zero-order valence-corrected chi connectivity index (χ0v) is 14.0. The van der Waals surface area contributed by atoms with E-state index in [4.69, 9.17) is 9.47 Å². The Labute approximate surface area is 122 Å². The monoisotopic (exact) mass is 308 g/mol. The summed E-state index contributed by atoms with van der Waals surface area (Å²) in [4.78, 5) is 0. The molecule has 0 aromatic heterocycles. The van der Waals surface area contributed by atoms with E-state index < -0.39 is 22.4 Å². The van der Waals surface area contributed by atoms with Gasteiger partial charge in [-0.1, -0.05) is 52.7 Å². The highest BCUT2D eigenvalue weighted by Crippen LogP contribution is 2.15. The standard InChI is InChI=1S/C9H12O2.2C2H6OS/c1-10-9(11-2)8-6-4-3-5-7-8;2*1-4(2)3/h3-7,9H,1-2H3;2*1-2H3. The zero-order valence-electron chi connectivity index (χ0n) is 12.4. The molecule has 0 aliphatic rings. The minimum absolute atomic E-state index is 0.240. The third kappa shape index (κ3) is 17.8. The van der Waals surface area contributed by atoms with E-state index in [2.05, 4.69) is 0 Å². The first-order valence-corrected chi connectivity index (χ1v) is 9.39. The van der Waals surface area contributed by atoms with Crippen molar-refractivity contribution in [2.45, 2.75) is 6.29 Å². The number of rotatable bonds is 3. The summed E-state index contributed by atoms with van der Waals surface area (Å²) in [6.07, 6.45) is 6.32. The Bertz CT molecular complexity index is 266. The van der Waals surface area contributed by atoms with E-state index in [1.807, 2.05) is 30.3 Å². The van der Waals surface area contributed by atoms with Crippen LogP contribution in [0.4, 0.5) is 0 Å². The molecule has 0 radical (unpaired) electrons. The first-order chi connectivity index (χ1) is 8.84. The maximum atomic E-state index is 9.56. The van der Waals surface area contributed by atoms with Crippen molar-refractivity contribution in [3.8, 4) is 0 Å². The van der Waals surface area contributed by atoms with Gasteiger partial charge in [0.05, 0.1) is 25.0 Å². The minimum atomic E-state index is -0.611. The average molecular weight is 308 g/mol. The van der Waals surface area contributed by atoms with E-state index in [9.17, 15) is 9.11 Å². The summed E-state index contributed by atoms with van der Waals surface area (Å²) >= 11 is -1.22. The summed E-state index contributed by atoms with van der Waals surface area (Å²) in [5.41, 5.74) is 1.04. The Morgan fingerprint density at radius 2 is 1.16 bits per heavy atom. The van der Waals surface area contributed by atoms with Crippen LogP contribution in [0.2, 0.25) is 0 Å². The smallest absolute Gasteiger partial charge is 0.183 e. The summed E-state index contributed by atoms with van der Waals surface area (Å²) in [5, 5.41) is 0. The Hall–Kier alpha value is -0.240. The topological polar surface area (TPSA) is 64.6 Å². The summed E-state index contributed by atoms with van der Waals surface area (Å²) in [7, 11) is 3.25. The Kier molecular flexibility index (Phi) is 15.7. The second-order valence-electron chi connectivity index (χ2n) is 3.70. The first-order valence-electron chi connectivity index (χ1n) is 5.45. The van der Waals surface area contributed by atoms with Gasteiger partial charge in [0.15, 0.2) is 6.29 Å². The highest BCUT2D eigenvalue weighted by atomic mass is 32.2. The number of hydrogen-bond donors (Lipinski definition) is 0. The van der Waals surface area contributed by atoms with Gasteiger partial charge in [-0.05, 0) is 0 Å². The highest BCUT2D eigenvalue weighted by molar-refractivity contribution is 7.90. The molecule has 0 saturated carbocycles. The normalized spacial score (nSPS) is 9.84. The van der Waals surface area contributed by atoms with Crippen molar-refractivity contribution >= 4 is 22.4 Å². The molecular weight excluding hydrogens is 284 g/mol. The van der Waals surface area contributed by atoms with Gasteiger partial charge in [-0.15, -0.1) is 0 Å². The van der Waals surface area contributed by atoms with Crippen LogP contribution in [0.25, 0.3) is 0 Å². The molecule has 1 rings (SSSR count). The summed E-state index contributed by atoms with van der Waals surface area (Å²) in [5.74, 6) is 0. The van der Waals surface area contributed by atoms with Crippen LogP contribution in [-0.2, 0) is 31.8 Å². The number of hydrogen-bond acceptors (Lipinski definition) is 4. The molecule has 1 aromatic rings. The molecule has 1 aromatic carbocycles. The highest BCUT2D eigenvalue weighted by Gasteiger charge is 2.05. The van der Waals surface area contributed by atoms with Crippen molar-refractivity contribution < 1.29 is 18.6 Å². The van der Waals surface area contributed by atoms with Crippen molar-refractivity contribution in [3.05, 3.63) is 35.9 Å². The molecule has 0 N–H and O–H groups in total. The molecule has 4 nitrogen and oxygen atoms in total. The lowest BCUT2D eigenvalue weighted by molar-refractivity contribution is -0.106. The third-order valence-electron chi connectivity index (χ3n) is 1.50. The number of benzene rings is 1. The molecule has 0 fully saturated rings. The molecule has 0 amide bonds. The summed E-state index contributed by atoms with van der Waals surface area (Å²) < 4.78 is 29.2. The lowest BCUT2D eigenvalue weighted by Crippen LogP contribution is -2.02.